The molecule has 1 fully saturated rings. The van der Waals surface area contributed by atoms with Crippen LogP contribution in [-0.2, 0) is 6.42 Å². The van der Waals surface area contributed by atoms with Crippen LogP contribution in [0.3, 0.4) is 0 Å². The summed E-state index contributed by atoms with van der Waals surface area (Å²) in [5, 5.41) is 1.19. The van der Waals surface area contributed by atoms with Gasteiger partial charge < -0.3 is 16.4 Å². The first-order valence-electron chi connectivity index (χ1n) is 9.51. The highest BCUT2D eigenvalue weighted by Crippen LogP contribution is 2.53. The van der Waals surface area contributed by atoms with E-state index in [1.54, 1.807) is 12.4 Å². The summed E-state index contributed by atoms with van der Waals surface area (Å²) in [4.78, 5) is 21.8. The van der Waals surface area contributed by atoms with Crippen molar-refractivity contribution in [3.8, 4) is 0 Å². The van der Waals surface area contributed by atoms with Crippen molar-refractivity contribution < 1.29 is 0 Å². The van der Waals surface area contributed by atoms with Crippen molar-refractivity contribution in [3.63, 3.8) is 0 Å². The molecule has 0 aromatic carbocycles. The average molecular weight is 480 g/mol. The summed E-state index contributed by atoms with van der Waals surface area (Å²) in [6, 6.07) is 1.83. The topological polar surface area (TPSA) is 107 Å². The van der Waals surface area contributed by atoms with E-state index in [0.717, 1.165) is 58.7 Å². The van der Waals surface area contributed by atoms with E-state index in [-0.39, 0.29) is 11.5 Å². The van der Waals surface area contributed by atoms with E-state index in [0.29, 0.717) is 15.3 Å². The van der Waals surface area contributed by atoms with Crippen LogP contribution in [0.2, 0.25) is 9.49 Å². The molecule has 7 nitrogen and oxygen atoms in total. The zero-order chi connectivity index (χ0) is 20.9. The highest BCUT2D eigenvalue weighted by atomic mass is 35.5. The second-order valence-corrected chi connectivity index (χ2v) is 10.7. The number of anilines is 2. The van der Waals surface area contributed by atoms with E-state index in [4.69, 9.17) is 34.7 Å². The lowest BCUT2D eigenvalue weighted by atomic mass is 9.74. The van der Waals surface area contributed by atoms with Gasteiger partial charge in [0, 0.05) is 35.1 Å². The number of pyridine rings is 1. The second kappa shape index (κ2) is 7.80. The zero-order valence-corrected chi connectivity index (χ0v) is 19.0. The largest absolute Gasteiger partial charge is 0.382 e. The molecule has 30 heavy (non-hydrogen) atoms. The van der Waals surface area contributed by atoms with Gasteiger partial charge in [0.2, 0.25) is 0 Å². The Balaban J connectivity index is 1.25. The van der Waals surface area contributed by atoms with E-state index in [1.807, 2.05) is 12.3 Å². The molecule has 4 heterocycles. The summed E-state index contributed by atoms with van der Waals surface area (Å²) in [5.74, 6) is 1.18. The molecular formula is C19H19Cl2N7S2. The summed E-state index contributed by atoms with van der Waals surface area (Å²) in [6.07, 6.45) is 8.12. The number of nitrogens with zero attached hydrogens (tertiary/aromatic N) is 5. The van der Waals surface area contributed by atoms with E-state index in [9.17, 15) is 0 Å². The first-order valence-corrected chi connectivity index (χ1v) is 11.9. The molecule has 1 aliphatic heterocycles. The maximum Gasteiger partial charge on any atom is 0.184 e. The number of nitrogens with two attached hydrogens (primary N) is 2. The number of halogens is 2. The number of fused-ring (bicyclic) bond motifs is 1. The molecule has 3 aromatic heterocycles. The first kappa shape index (κ1) is 20.3. The van der Waals surface area contributed by atoms with E-state index < -0.39 is 0 Å². The van der Waals surface area contributed by atoms with Gasteiger partial charge in [-0.3, -0.25) is 0 Å². The summed E-state index contributed by atoms with van der Waals surface area (Å²) >= 11 is 15.2. The maximum absolute atomic E-state index is 6.61. The molecule has 1 spiro atoms. The minimum atomic E-state index is 0.0158. The lowest BCUT2D eigenvalue weighted by Gasteiger charge is -2.42. The van der Waals surface area contributed by atoms with Crippen LogP contribution in [-0.4, -0.2) is 33.0 Å². The molecule has 1 atom stereocenters. The molecule has 0 radical (unpaired) electrons. The fourth-order valence-electron chi connectivity index (χ4n) is 4.25. The third-order valence-corrected chi connectivity index (χ3v) is 8.73. The van der Waals surface area contributed by atoms with Crippen molar-refractivity contribution >= 4 is 57.9 Å². The number of rotatable bonds is 3. The predicted octanol–water partition coefficient (Wildman–Crippen LogP) is 4.21. The van der Waals surface area contributed by atoms with E-state index in [1.165, 1.54) is 23.1 Å². The molecule has 1 aliphatic carbocycles. The molecule has 1 saturated heterocycles. The summed E-state index contributed by atoms with van der Waals surface area (Å²) in [7, 11) is 0. The third-order valence-electron chi connectivity index (χ3n) is 5.96. The molecule has 0 saturated carbocycles. The van der Waals surface area contributed by atoms with Gasteiger partial charge in [0.15, 0.2) is 4.47 Å². The van der Waals surface area contributed by atoms with Crippen LogP contribution in [0, 0.1) is 5.41 Å². The molecule has 5 rings (SSSR count). The lowest BCUT2D eigenvalue weighted by Crippen LogP contribution is -2.44. The van der Waals surface area contributed by atoms with Crippen LogP contribution in [0.5, 0.6) is 0 Å². The molecule has 11 heteroatoms. The number of hydrogen-bond donors (Lipinski definition) is 2. The molecule has 4 N–H and O–H groups in total. The van der Waals surface area contributed by atoms with E-state index >= 15 is 0 Å². The zero-order valence-electron chi connectivity index (χ0n) is 15.9. The van der Waals surface area contributed by atoms with Gasteiger partial charge in [-0.2, -0.15) is 0 Å². The molecule has 3 aromatic rings. The van der Waals surface area contributed by atoms with Crippen molar-refractivity contribution in [2.45, 2.75) is 35.2 Å². The quantitative estimate of drug-likeness (QED) is 0.574. The van der Waals surface area contributed by atoms with Gasteiger partial charge in [-0.05, 0) is 30.7 Å². The van der Waals surface area contributed by atoms with Crippen LogP contribution in [0.4, 0.5) is 11.6 Å². The Hall–Kier alpha value is -1.65. The Morgan fingerprint density at radius 2 is 1.97 bits per heavy atom. The van der Waals surface area contributed by atoms with Gasteiger partial charge in [0.1, 0.15) is 16.7 Å². The van der Waals surface area contributed by atoms with Gasteiger partial charge in [-0.1, -0.05) is 35.0 Å². The Kier molecular flexibility index (Phi) is 5.27. The lowest BCUT2D eigenvalue weighted by molar-refractivity contribution is 0.187. The minimum Gasteiger partial charge on any atom is -0.382 e. The predicted molar refractivity (Wildman–Crippen MR) is 121 cm³/mol. The highest BCUT2D eigenvalue weighted by Gasteiger charge is 2.48. The second-order valence-electron chi connectivity index (χ2n) is 7.60. The number of aromatic nitrogens is 4. The average Bonchev–Trinajstić information content (AvgIpc) is 3.22. The summed E-state index contributed by atoms with van der Waals surface area (Å²) in [5.41, 5.74) is 13.5. The fraction of sp³-hybridized carbons (Fsp3) is 0.368. The summed E-state index contributed by atoms with van der Waals surface area (Å²) in [6.45, 7) is 1.79. The smallest absolute Gasteiger partial charge is 0.184 e. The van der Waals surface area contributed by atoms with Crippen LogP contribution in [0.15, 0.2) is 34.6 Å². The number of nitrogen functional groups attached to an aromatic ring is 1. The van der Waals surface area contributed by atoms with Gasteiger partial charge in [-0.25, -0.2) is 19.9 Å². The summed E-state index contributed by atoms with van der Waals surface area (Å²) < 4.78 is 0.590. The van der Waals surface area contributed by atoms with Gasteiger partial charge in [0.25, 0.3) is 0 Å². The fourth-order valence-corrected chi connectivity index (χ4v) is 6.54. The molecular weight excluding hydrogens is 461 g/mol. The van der Waals surface area contributed by atoms with Crippen LogP contribution in [0.1, 0.15) is 29.5 Å². The Morgan fingerprint density at radius 3 is 2.67 bits per heavy atom. The monoisotopic (exact) mass is 479 g/mol. The van der Waals surface area contributed by atoms with Gasteiger partial charge >= 0.3 is 0 Å². The van der Waals surface area contributed by atoms with Crippen molar-refractivity contribution in [2.24, 2.45) is 11.1 Å². The van der Waals surface area contributed by atoms with Gasteiger partial charge in [0.05, 0.1) is 23.1 Å². The Bertz CT molecular complexity index is 1080. The van der Waals surface area contributed by atoms with Gasteiger partial charge in [-0.15, -0.1) is 11.3 Å². The molecule has 0 bridgehead atoms. The minimum absolute atomic E-state index is 0.0158. The molecule has 156 valence electrons. The number of piperidine rings is 1. The van der Waals surface area contributed by atoms with E-state index in [2.05, 4.69) is 24.8 Å². The van der Waals surface area contributed by atoms with Crippen molar-refractivity contribution in [2.75, 3.05) is 23.7 Å². The van der Waals surface area contributed by atoms with Crippen LogP contribution >= 0.6 is 46.3 Å². The standard InChI is InChI=1S/C19H19Cl2N7S2/c20-14-11(1-4-24-17(14)23)29-13-9-25-12(8-26-13)28-5-2-19(3-6-28)7-10-15(16(19)22)30-18(21)27-10/h1,4,8-9,16H,2-3,5-7,22H2,(H2,23,24)/t16-/m1/s1. The van der Waals surface area contributed by atoms with Crippen molar-refractivity contribution in [1.29, 1.82) is 0 Å². The highest BCUT2D eigenvalue weighted by molar-refractivity contribution is 7.99. The maximum atomic E-state index is 6.61. The Morgan fingerprint density at radius 1 is 1.17 bits per heavy atom. The molecule has 0 unspecified atom stereocenters. The van der Waals surface area contributed by atoms with Crippen molar-refractivity contribution in [3.05, 3.63) is 44.7 Å². The number of thiazole rings is 1. The normalized spacial score (nSPS) is 20.0. The number of hydrogen-bond acceptors (Lipinski definition) is 9. The molecule has 2 aliphatic rings. The Labute approximate surface area is 192 Å². The first-order chi connectivity index (χ1) is 14.4. The van der Waals surface area contributed by atoms with Crippen LogP contribution in [0.25, 0.3) is 0 Å². The van der Waals surface area contributed by atoms with Crippen LogP contribution < -0.4 is 16.4 Å². The van der Waals surface area contributed by atoms with Crippen molar-refractivity contribution in [1.82, 2.24) is 19.9 Å². The third kappa shape index (κ3) is 3.52. The SMILES string of the molecule is Nc1nccc(Sc2cnc(N3CCC4(CC3)Cc3nc(Cl)sc3[C@H]4N)cn2)c1Cl. The molecule has 0 amide bonds.